The number of rotatable bonds is 3. The lowest BCUT2D eigenvalue weighted by atomic mass is 10.1. The molecule has 0 saturated heterocycles. The number of fused-ring (bicyclic) bond motifs is 1. The first-order valence-corrected chi connectivity index (χ1v) is 5.04. The number of benzene rings is 1. The number of hydrazine groups is 1. The molecule has 5 nitrogen and oxygen atoms in total. The Labute approximate surface area is 93.4 Å². The molecule has 1 aromatic carbocycles. The predicted molar refractivity (Wildman–Crippen MR) is 61.6 cm³/mol. The number of H-pyrrole nitrogens is 1. The number of imidazole rings is 1. The van der Waals surface area contributed by atoms with Crippen LogP contribution in [0.1, 0.15) is 5.56 Å². The van der Waals surface area contributed by atoms with Gasteiger partial charge in [-0.25, -0.2) is 9.99 Å². The first kappa shape index (κ1) is 10.6. The molecule has 0 fully saturated rings. The van der Waals surface area contributed by atoms with Crippen LogP contribution >= 0.6 is 0 Å². The second kappa shape index (κ2) is 4.32. The molecule has 0 bridgehead atoms. The fourth-order valence-corrected chi connectivity index (χ4v) is 1.57. The van der Waals surface area contributed by atoms with Crippen LogP contribution in [0.5, 0.6) is 0 Å². The van der Waals surface area contributed by atoms with Gasteiger partial charge in [-0.2, -0.15) is 0 Å². The third-order valence-corrected chi connectivity index (χ3v) is 2.20. The zero-order valence-electron chi connectivity index (χ0n) is 9.32. The van der Waals surface area contributed by atoms with Crippen molar-refractivity contribution in [1.29, 1.82) is 0 Å². The molecule has 2 rings (SSSR count). The number of nitrogens with zero attached hydrogens (tertiary/aromatic N) is 2. The van der Waals surface area contributed by atoms with Gasteiger partial charge in [-0.05, 0) is 17.7 Å². The largest absolute Gasteiger partial charge is 0.345 e. The minimum Gasteiger partial charge on any atom is -0.345 e. The highest BCUT2D eigenvalue weighted by molar-refractivity contribution is 5.81. The second-order valence-corrected chi connectivity index (χ2v) is 3.86. The third-order valence-electron chi connectivity index (χ3n) is 2.20. The molecule has 0 atom stereocenters. The van der Waals surface area contributed by atoms with Crippen molar-refractivity contribution < 1.29 is 4.79 Å². The Balaban J connectivity index is 2.11. The molecule has 0 aliphatic rings. The number of carbonyl (C=O) groups excluding carboxylic acids is 1. The predicted octanol–water partition coefficient (Wildman–Crippen LogP) is 0.698. The van der Waals surface area contributed by atoms with Crippen LogP contribution in [-0.4, -0.2) is 35.0 Å². The Morgan fingerprint density at radius 3 is 3.06 bits per heavy atom. The normalized spacial score (nSPS) is 10.9. The zero-order chi connectivity index (χ0) is 11.5. The topological polar surface area (TPSA) is 61.0 Å². The summed E-state index contributed by atoms with van der Waals surface area (Å²) in [5.41, 5.74) is 5.54. The summed E-state index contributed by atoms with van der Waals surface area (Å²) in [6.45, 7) is 0. The standard InChI is InChI=1S/C11H14N4O/c1-15(2)14-11(16)6-8-3-4-9-10(5-8)13-7-12-9/h3-5,7H,6H2,1-2H3,(H,12,13)(H,14,16). The first-order valence-electron chi connectivity index (χ1n) is 5.04. The van der Waals surface area contributed by atoms with Gasteiger partial charge in [-0.15, -0.1) is 0 Å². The fourth-order valence-electron chi connectivity index (χ4n) is 1.57. The molecule has 0 saturated carbocycles. The summed E-state index contributed by atoms with van der Waals surface area (Å²) in [4.78, 5) is 18.7. The summed E-state index contributed by atoms with van der Waals surface area (Å²) in [5.74, 6) is -0.0242. The van der Waals surface area contributed by atoms with Crippen LogP contribution in [0.15, 0.2) is 24.5 Å². The highest BCUT2D eigenvalue weighted by atomic mass is 16.2. The van der Waals surface area contributed by atoms with Crippen LogP contribution in [-0.2, 0) is 11.2 Å². The quantitative estimate of drug-likeness (QED) is 0.745. The summed E-state index contributed by atoms with van der Waals surface area (Å²) in [7, 11) is 3.58. The van der Waals surface area contributed by atoms with E-state index < -0.39 is 0 Å². The summed E-state index contributed by atoms with van der Waals surface area (Å²) in [6.07, 6.45) is 2.02. The van der Waals surface area contributed by atoms with Crippen LogP contribution in [0.25, 0.3) is 11.0 Å². The molecule has 1 amide bonds. The van der Waals surface area contributed by atoms with E-state index in [1.54, 1.807) is 25.4 Å². The van der Waals surface area contributed by atoms with E-state index in [0.29, 0.717) is 6.42 Å². The van der Waals surface area contributed by atoms with Gasteiger partial charge in [0.2, 0.25) is 5.91 Å². The molecule has 84 valence electrons. The summed E-state index contributed by atoms with van der Waals surface area (Å²) in [5, 5.41) is 1.64. The van der Waals surface area contributed by atoms with E-state index in [4.69, 9.17) is 0 Å². The minimum absolute atomic E-state index is 0.0242. The summed E-state index contributed by atoms with van der Waals surface area (Å²) >= 11 is 0. The van der Waals surface area contributed by atoms with Gasteiger partial charge >= 0.3 is 0 Å². The average molecular weight is 218 g/mol. The van der Waals surface area contributed by atoms with Crippen LogP contribution in [0.3, 0.4) is 0 Å². The molecule has 0 aliphatic heterocycles. The van der Waals surface area contributed by atoms with Crippen molar-refractivity contribution in [2.24, 2.45) is 0 Å². The Morgan fingerprint density at radius 2 is 2.31 bits per heavy atom. The molecule has 2 N–H and O–H groups in total. The van der Waals surface area contributed by atoms with Gasteiger partial charge in [0.05, 0.1) is 23.8 Å². The van der Waals surface area contributed by atoms with Crippen molar-refractivity contribution in [3.8, 4) is 0 Å². The van der Waals surface area contributed by atoms with Gasteiger partial charge in [0.1, 0.15) is 0 Å². The Kier molecular flexibility index (Phi) is 2.87. The van der Waals surface area contributed by atoms with Gasteiger partial charge in [-0.1, -0.05) is 6.07 Å². The van der Waals surface area contributed by atoms with E-state index in [2.05, 4.69) is 15.4 Å². The number of aromatic nitrogens is 2. The monoisotopic (exact) mass is 218 g/mol. The van der Waals surface area contributed by atoms with Crippen LogP contribution in [0, 0.1) is 0 Å². The molecule has 0 radical (unpaired) electrons. The summed E-state index contributed by atoms with van der Waals surface area (Å²) in [6, 6.07) is 5.76. The maximum atomic E-state index is 11.5. The first-order chi connectivity index (χ1) is 7.65. The number of hydrogen-bond donors (Lipinski definition) is 2. The van der Waals surface area contributed by atoms with Gasteiger partial charge in [0.25, 0.3) is 0 Å². The Hall–Kier alpha value is -1.88. The number of amides is 1. The molecular weight excluding hydrogens is 204 g/mol. The van der Waals surface area contributed by atoms with Crippen LogP contribution in [0.2, 0.25) is 0 Å². The Morgan fingerprint density at radius 1 is 1.50 bits per heavy atom. The number of aromatic amines is 1. The molecular formula is C11H14N4O. The molecule has 0 spiro atoms. The lowest BCUT2D eigenvalue weighted by Crippen LogP contribution is -2.37. The lowest BCUT2D eigenvalue weighted by Gasteiger charge is -2.11. The van der Waals surface area contributed by atoms with E-state index in [9.17, 15) is 4.79 Å². The SMILES string of the molecule is CN(C)NC(=O)Cc1ccc2nc[nH]c2c1. The molecule has 2 aromatic rings. The van der Waals surface area contributed by atoms with Crippen molar-refractivity contribution in [2.75, 3.05) is 14.1 Å². The van der Waals surface area contributed by atoms with Crippen molar-refractivity contribution in [3.05, 3.63) is 30.1 Å². The van der Waals surface area contributed by atoms with Crippen molar-refractivity contribution in [3.63, 3.8) is 0 Å². The maximum absolute atomic E-state index is 11.5. The van der Waals surface area contributed by atoms with Gasteiger partial charge in [-0.3, -0.25) is 10.2 Å². The van der Waals surface area contributed by atoms with Crippen LogP contribution in [0.4, 0.5) is 0 Å². The number of carbonyl (C=O) groups is 1. The highest BCUT2D eigenvalue weighted by Gasteiger charge is 2.05. The highest BCUT2D eigenvalue weighted by Crippen LogP contribution is 2.11. The molecule has 0 aliphatic carbocycles. The van der Waals surface area contributed by atoms with Crippen LogP contribution < -0.4 is 5.43 Å². The van der Waals surface area contributed by atoms with Crippen molar-refractivity contribution in [2.45, 2.75) is 6.42 Å². The van der Waals surface area contributed by atoms with Gasteiger partial charge in [0.15, 0.2) is 0 Å². The average Bonchev–Trinajstić information content (AvgIpc) is 2.63. The molecule has 1 heterocycles. The zero-order valence-corrected chi connectivity index (χ0v) is 9.32. The minimum atomic E-state index is -0.0242. The lowest BCUT2D eigenvalue weighted by molar-refractivity contribution is -0.124. The van der Waals surface area contributed by atoms with Gasteiger partial charge < -0.3 is 4.98 Å². The number of nitrogens with one attached hydrogen (secondary N) is 2. The maximum Gasteiger partial charge on any atom is 0.238 e. The fraction of sp³-hybridized carbons (Fsp3) is 0.273. The molecule has 1 aromatic heterocycles. The van der Waals surface area contributed by atoms with E-state index in [0.717, 1.165) is 16.6 Å². The van der Waals surface area contributed by atoms with Crippen molar-refractivity contribution in [1.82, 2.24) is 20.4 Å². The van der Waals surface area contributed by atoms with Crippen molar-refractivity contribution >= 4 is 16.9 Å². The molecule has 5 heteroatoms. The van der Waals surface area contributed by atoms with E-state index in [-0.39, 0.29) is 5.91 Å². The van der Waals surface area contributed by atoms with E-state index >= 15 is 0 Å². The van der Waals surface area contributed by atoms with E-state index in [1.807, 2.05) is 18.2 Å². The smallest absolute Gasteiger partial charge is 0.238 e. The van der Waals surface area contributed by atoms with E-state index in [1.165, 1.54) is 0 Å². The molecule has 0 unspecified atom stereocenters. The summed E-state index contributed by atoms with van der Waals surface area (Å²) < 4.78 is 0. The van der Waals surface area contributed by atoms with Gasteiger partial charge in [0, 0.05) is 14.1 Å². The molecule has 16 heavy (non-hydrogen) atoms. The Bertz CT molecular complexity index is 503. The second-order valence-electron chi connectivity index (χ2n) is 3.86. The number of hydrogen-bond acceptors (Lipinski definition) is 3. The third kappa shape index (κ3) is 2.38.